The summed E-state index contributed by atoms with van der Waals surface area (Å²) in [6.07, 6.45) is 3.74. The smallest absolute Gasteiger partial charge is 0.145 e. The maximum absolute atomic E-state index is 9.29. The molecule has 3 nitrogen and oxygen atoms in total. The van der Waals surface area contributed by atoms with Crippen molar-refractivity contribution >= 4 is 34.4 Å². The van der Waals surface area contributed by atoms with Gasteiger partial charge in [0.2, 0.25) is 0 Å². The molecule has 0 aliphatic heterocycles. The van der Waals surface area contributed by atoms with E-state index in [0.717, 1.165) is 32.4 Å². The van der Waals surface area contributed by atoms with Crippen LogP contribution in [-0.2, 0) is 0 Å². The fourth-order valence-electron chi connectivity index (χ4n) is 2.82. The van der Waals surface area contributed by atoms with E-state index in [1.165, 1.54) is 0 Å². The number of hydrogen-bond acceptors (Lipinski definition) is 3. The van der Waals surface area contributed by atoms with Gasteiger partial charge in [0.05, 0.1) is 17.3 Å². The summed E-state index contributed by atoms with van der Waals surface area (Å²) in [5.74, 6) is 0. The number of pyridine rings is 1. The Balaban J connectivity index is 2.12. The first kappa shape index (κ1) is 12.9. The molecule has 0 aliphatic rings. The highest BCUT2D eigenvalue weighted by molar-refractivity contribution is 7.80. The van der Waals surface area contributed by atoms with Gasteiger partial charge in [-0.25, -0.2) is 4.98 Å². The van der Waals surface area contributed by atoms with Crippen molar-refractivity contribution in [1.82, 2.24) is 9.55 Å². The summed E-state index contributed by atoms with van der Waals surface area (Å²) < 4.78 is 2.03. The van der Waals surface area contributed by atoms with Crippen LogP contribution >= 0.6 is 12.6 Å². The Bertz CT molecular complexity index is 1060. The molecule has 0 atom stereocenters. The molecule has 0 bridgehead atoms. The molecule has 0 aliphatic carbocycles. The van der Waals surface area contributed by atoms with Crippen molar-refractivity contribution < 1.29 is 0 Å². The zero-order valence-corrected chi connectivity index (χ0v) is 12.5. The van der Waals surface area contributed by atoms with Gasteiger partial charge in [-0.15, -0.1) is 12.6 Å². The number of aromatic nitrogens is 2. The first-order valence-corrected chi connectivity index (χ1v) is 7.31. The van der Waals surface area contributed by atoms with Crippen molar-refractivity contribution in [2.45, 2.75) is 4.90 Å². The summed E-state index contributed by atoms with van der Waals surface area (Å²) in [5, 5.41) is 12.3. The maximum atomic E-state index is 9.29. The molecule has 2 aromatic heterocycles. The molecule has 0 N–H and O–H groups in total. The van der Waals surface area contributed by atoms with Crippen molar-refractivity contribution in [3.05, 3.63) is 66.5 Å². The number of fused-ring (bicyclic) bond motifs is 2. The molecule has 0 unspecified atom stereocenters. The zero-order chi connectivity index (χ0) is 15.1. The fourth-order valence-corrected chi connectivity index (χ4v) is 3.11. The Hall–Kier alpha value is -2.77. The first-order chi connectivity index (χ1) is 10.8. The van der Waals surface area contributed by atoms with E-state index < -0.39 is 0 Å². The number of thiol groups is 1. The van der Waals surface area contributed by atoms with Crippen molar-refractivity contribution in [3.8, 4) is 11.8 Å². The number of rotatable bonds is 1. The Morgan fingerprint density at radius 3 is 2.55 bits per heavy atom. The Kier molecular flexibility index (Phi) is 2.88. The molecule has 22 heavy (non-hydrogen) atoms. The van der Waals surface area contributed by atoms with E-state index in [2.05, 4.69) is 23.7 Å². The lowest BCUT2D eigenvalue weighted by molar-refractivity contribution is 1.09. The number of benzene rings is 2. The minimum absolute atomic E-state index is 0.676. The highest BCUT2D eigenvalue weighted by Crippen LogP contribution is 2.30. The van der Waals surface area contributed by atoms with Crippen LogP contribution in [0.3, 0.4) is 0 Å². The molecule has 104 valence electrons. The van der Waals surface area contributed by atoms with Crippen molar-refractivity contribution in [2.75, 3.05) is 0 Å². The summed E-state index contributed by atoms with van der Waals surface area (Å²) >= 11 is 4.54. The molecule has 0 amide bonds. The third-order valence-electron chi connectivity index (χ3n) is 3.82. The van der Waals surface area contributed by atoms with Crippen LogP contribution in [0.1, 0.15) is 5.56 Å². The average molecular weight is 301 g/mol. The lowest BCUT2D eigenvalue weighted by Crippen LogP contribution is -1.96. The van der Waals surface area contributed by atoms with Gasteiger partial charge in [0.25, 0.3) is 0 Å². The van der Waals surface area contributed by atoms with Crippen LogP contribution in [0.25, 0.3) is 27.5 Å². The molecule has 0 radical (unpaired) electrons. The standard InChI is InChI=1S/C18H11N3S/c19-10-12-7-8-16(14-5-2-1-4-13(12)14)21-11-17(22)15-6-3-9-20-18(15)21/h1-9,11,22H. The Morgan fingerprint density at radius 2 is 1.73 bits per heavy atom. The predicted octanol–water partition coefficient (Wildman–Crippen LogP) is 4.34. The molecule has 4 rings (SSSR count). The van der Waals surface area contributed by atoms with Gasteiger partial charge in [-0.2, -0.15) is 5.26 Å². The minimum Gasteiger partial charge on any atom is -0.300 e. The van der Waals surface area contributed by atoms with E-state index in [9.17, 15) is 5.26 Å². The van der Waals surface area contributed by atoms with Gasteiger partial charge in [-0.05, 0) is 24.3 Å². The highest BCUT2D eigenvalue weighted by Gasteiger charge is 2.12. The van der Waals surface area contributed by atoms with Gasteiger partial charge < -0.3 is 0 Å². The summed E-state index contributed by atoms with van der Waals surface area (Å²) in [4.78, 5) is 5.36. The van der Waals surface area contributed by atoms with E-state index >= 15 is 0 Å². The second kappa shape index (κ2) is 4.90. The van der Waals surface area contributed by atoms with E-state index in [-0.39, 0.29) is 0 Å². The van der Waals surface area contributed by atoms with E-state index in [4.69, 9.17) is 0 Å². The molecule has 4 heteroatoms. The van der Waals surface area contributed by atoms with Gasteiger partial charge >= 0.3 is 0 Å². The molecule has 4 aromatic rings. The Morgan fingerprint density at radius 1 is 0.955 bits per heavy atom. The minimum atomic E-state index is 0.676. The number of hydrogen-bond donors (Lipinski definition) is 1. The quantitative estimate of drug-likeness (QED) is 0.531. The molecular weight excluding hydrogens is 290 g/mol. The molecule has 0 saturated carbocycles. The van der Waals surface area contributed by atoms with Crippen molar-refractivity contribution in [1.29, 1.82) is 5.26 Å². The number of nitrogens with zero attached hydrogens (tertiary/aromatic N) is 3. The summed E-state index contributed by atoms with van der Waals surface area (Å²) in [6.45, 7) is 0. The third-order valence-corrected chi connectivity index (χ3v) is 4.18. The van der Waals surface area contributed by atoms with Crippen LogP contribution in [0.5, 0.6) is 0 Å². The second-order valence-corrected chi connectivity index (χ2v) is 5.53. The monoisotopic (exact) mass is 301 g/mol. The van der Waals surface area contributed by atoms with Crippen LogP contribution in [0.15, 0.2) is 65.8 Å². The third kappa shape index (κ3) is 1.80. The first-order valence-electron chi connectivity index (χ1n) is 6.87. The van der Waals surface area contributed by atoms with Crippen LogP contribution in [-0.4, -0.2) is 9.55 Å². The van der Waals surface area contributed by atoms with Crippen LogP contribution in [0.4, 0.5) is 0 Å². The van der Waals surface area contributed by atoms with Gasteiger partial charge in [-0.3, -0.25) is 4.57 Å². The summed E-state index contributed by atoms with van der Waals surface area (Å²) in [5.41, 5.74) is 2.54. The second-order valence-electron chi connectivity index (χ2n) is 5.05. The lowest BCUT2D eigenvalue weighted by Gasteiger charge is -2.10. The highest BCUT2D eigenvalue weighted by atomic mass is 32.1. The van der Waals surface area contributed by atoms with Gasteiger partial charge in [0.15, 0.2) is 0 Å². The van der Waals surface area contributed by atoms with Gasteiger partial charge in [0, 0.05) is 33.4 Å². The van der Waals surface area contributed by atoms with E-state index in [1.54, 1.807) is 6.20 Å². The lowest BCUT2D eigenvalue weighted by atomic mass is 10.0. The van der Waals surface area contributed by atoms with E-state index in [1.807, 2.05) is 59.3 Å². The summed E-state index contributed by atoms with van der Waals surface area (Å²) in [7, 11) is 0. The van der Waals surface area contributed by atoms with Crippen molar-refractivity contribution in [3.63, 3.8) is 0 Å². The van der Waals surface area contributed by atoms with E-state index in [0.29, 0.717) is 5.56 Å². The van der Waals surface area contributed by atoms with Gasteiger partial charge in [-0.1, -0.05) is 24.3 Å². The SMILES string of the molecule is N#Cc1ccc(-n2cc(S)c3cccnc32)c2ccccc12. The van der Waals surface area contributed by atoms with Crippen LogP contribution in [0, 0.1) is 11.3 Å². The Labute approximate surface area is 132 Å². The normalized spacial score (nSPS) is 10.9. The van der Waals surface area contributed by atoms with Crippen LogP contribution in [0.2, 0.25) is 0 Å². The number of nitriles is 1. The van der Waals surface area contributed by atoms with Crippen molar-refractivity contribution in [2.24, 2.45) is 0 Å². The summed E-state index contributed by atoms with van der Waals surface area (Å²) in [6, 6.07) is 17.9. The topological polar surface area (TPSA) is 41.6 Å². The fraction of sp³-hybridized carbons (Fsp3) is 0. The largest absolute Gasteiger partial charge is 0.300 e. The molecule has 0 spiro atoms. The zero-order valence-electron chi connectivity index (χ0n) is 11.6. The molecule has 2 aromatic carbocycles. The predicted molar refractivity (Wildman–Crippen MR) is 90.5 cm³/mol. The molecular formula is C18H11N3S. The average Bonchev–Trinajstić information content (AvgIpc) is 2.91. The maximum Gasteiger partial charge on any atom is 0.145 e. The van der Waals surface area contributed by atoms with Crippen LogP contribution < -0.4 is 0 Å². The van der Waals surface area contributed by atoms with Gasteiger partial charge in [0.1, 0.15) is 5.65 Å². The molecule has 0 saturated heterocycles. The molecule has 0 fully saturated rings. The molecule has 2 heterocycles.